The fourth-order valence-corrected chi connectivity index (χ4v) is 5.50. The van der Waals surface area contributed by atoms with Gasteiger partial charge in [-0.15, -0.1) is 6.58 Å². The summed E-state index contributed by atoms with van der Waals surface area (Å²) in [6, 6.07) is 15.1. The van der Waals surface area contributed by atoms with E-state index in [1.807, 2.05) is 74.2 Å². The minimum Gasteiger partial charge on any atom is -0.391 e. The van der Waals surface area contributed by atoms with Crippen molar-refractivity contribution in [1.29, 1.82) is 0 Å². The summed E-state index contributed by atoms with van der Waals surface area (Å²) in [5.41, 5.74) is 1.49. The zero-order valence-electron chi connectivity index (χ0n) is 19.1. The Kier molecular flexibility index (Phi) is 8.08. The van der Waals surface area contributed by atoms with Crippen molar-refractivity contribution in [3.05, 3.63) is 82.4 Å². The van der Waals surface area contributed by atoms with Crippen LogP contribution in [0, 0.1) is 5.41 Å². The molecule has 1 N–H and O–H groups in total. The van der Waals surface area contributed by atoms with Crippen molar-refractivity contribution in [3.8, 4) is 0 Å². The van der Waals surface area contributed by atoms with Crippen LogP contribution in [0.4, 0.5) is 0 Å². The normalized spacial score (nSPS) is 25.4. The van der Waals surface area contributed by atoms with Crippen LogP contribution in [0.1, 0.15) is 69.5 Å². The predicted octanol–water partition coefficient (Wildman–Crippen LogP) is 7.18. The summed E-state index contributed by atoms with van der Waals surface area (Å²) in [6.07, 6.45) is 3.70. The van der Waals surface area contributed by atoms with Gasteiger partial charge in [-0.25, -0.2) is 0 Å². The topological polar surface area (TPSA) is 40.5 Å². The quantitative estimate of drug-likeness (QED) is 0.412. The maximum absolute atomic E-state index is 14.1. The van der Waals surface area contributed by atoms with Crippen LogP contribution in [0.5, 0.6) is 0 Å². The number of hydrogen-bond donors (Lipinski definition) is 1. The van der Waals surface area contributed by atoms with Gasteiger partial charge in [0.05, 0.1) is 23.6 Å². The van der Waals surface area contributed by atoms with Gasteiger partial charge >= 0.3 is 0 Å². The number of aliphatic hydroxyl groups is 1. The fraction of sp³-hybridized carbons (Fsp3) is 0.444. The highest BCUT2D eigenvalue weighted by Gasteiger charge is 2.51. The number of allylic oxidation sites excluding steroid dienone is 1. The van der Waals surface area contributed by atoms with Crippen LogP contribution in [0.25, 0.3) is 0 Å². The summed E-state index contributed by atoms with van der Waals surface area (Å²) < 4.78 is 0. The Hall–Kier alpha value is -1.81. The first-order chi connectivity index (χ1) is 15.3. The van der Waals surface area contributed by atoms with Crippen LogP contribution < -0.4 is 0 Å². The molecule has 1 saturated heterocycles. The van der Waals surface area contributed by atoms with Gasteiger partial charge in [0.15, 0.2) is 0 Å². The smallest absolute Gasteiger partial charge is 0.229 e. The second-order valence-corrected chi connectivity index (χ2v) is 9.95. The number of halogens is 2. The maximum Gasteiger partial charge on any atom is 0.229 e. The maximum atomic E-state index is 14.1. The van der Waals surface area contributed by atoms with Crippen LogP contribution in [0.3, 0.4) is 0 Å². The minimum absolute atomic E-state index is 0.00984. The van der Waals surface area contributed by atoms with E-state index in [1.54, 1.807) is 0 Å². The van der Waals surface area contributed by atoms with Crippen molar-refractivity contribution in [2.75, 3.05) is 0 Å². The first kappa shape index (κ1) is 24.8. The molecule has 1 aliphatic heterocycles. The lowest BCUT2D eigenvalue weighted by Gasteiger charge is -2.52. The molecule has 1 aliphatic rings. The van der Waals surface area contributed by atoms with Crippen LogP contribution in [-0.4, -0.2) is 28.1 Å². The van der Waals surface area contributed by atoms with E-state index in [-0.39, 0.29) is 23.9 Å². The van der Waals surface area contributed by atoms with Crippen molar-refractivity contribution < 1.29 is 9.90 Å². The van der Waals surface area contributed by atoms with E-state index in [0.29, 0.717) is 35.7 Å². The average molecular weight is 474 g/mol. The van der Waals surface area contributed by atoms with Gasteiger partial charge in [-0.3, -0.25) is 4.79 Å². The van der Waals surface area contributed by atoms with Crippen molar-refractivity contribution in [2.45, 2.75) is 70.6 Å². The van der Waals surface area contributed by atoms with Gasteiger partial charge in [0.25, 0.3) is 0 Å². The number of likely N-dealkylation sites (tertiary alicyclic amines) is 1. The van der Waals surface area contributed by atoms with Crippen LogP contribution in [0.15, 0.2) is 61.2 Å². The van der Waals surface area contributed by atoms with Gasteiger partial charge in [-0.1, -0.05) is 74.3 Å². The van der Waals surface area contributed by atoms with Crippen molar-refractivity contribution in [1.82, 2.24) is 4.90 Å². The highest BCUT2D eigenvalue weighted by atomic mass is 35.5. The molecule has 1 heterocycles. The van der Waals surface area contributed by atoms with E-state index in [0.717, 1.165) is 11.1 Å². The van der Waals surface area contributed by atoms with Gasteiger partial charge in [0.1, 0.15) is 0 Å². The molecule has 0 radical (unpaired) electrons. The largest absolute Gasteiger partial charge is 0.391 e. The van der Waals surface area contributed by atoms with Crippen molar-refractivity contribution in [3.63, 3.8) is 0 Å². The average Bonchev–Trinajstić information content (AvgIpc) is 2.77. The molecule has 1 amide bonds. The molecule has 2 aromatic carbocycles. The van der Waals surface area contributed by atoms with Crippen molar-refractivity contribution in [2.24, 2.45) is 5.41 Å². The fourth-order valence-electron chi connectivity index (χ4n) is 5.18. The first-order valence-corrected chi connectivity index (χ1v) is 12.1. The van der Waals surface area contributed by atoms with Gasteiger partial charge in [0, 0.05) is 16.0 Å². The summed E-state index contributed by atoms with van der Waals surface area (Å²) in [6.45, 7) is 9.92. The van der Waals surface area contributed by atoms with E-state index in [1.165, 1.54) is 0 Å². The molecule has 5 atom stereocenters. The molecule has 2 aromatic rings. The summed E-state index contributed by atoms with van der Waals surface area (Å²) in [7, 11) is 0. The lowest BCUT2D eigenvalue weighted by atomic mass is 9.67. The second kappa shape index (κ2) is 10.4. The third kappa shape index (κ3) is 4.90. The summed E-state index contributed by atoms with van der Waals surface area (Å²) in [5.74, 6) is 0.0746. The Bertz CT molecular complexity index is 945. The Labute approximate surface area is 202 Å². The number of rotatable bonds is 8. The molecule has 5 heteroatoms. The number of piperidine rings is 1. The molecule has 172 valence electrons. The highest BCUT2D eigenvalue weighted by Crippen LogP contribution is 2.52. The Morgan fingerprint density at radius 2 is 1.81 bits per heavy atom. The number of hydrogen-bond acceptors (Lipinski definition) is 2. The zero-order chi connectivity index (χ0) is 23.5. The number of aliphatic hydroxyl groups excluding tert-OH is 1. The van der Waals surface area contributed by atoms with E-state index in [9.17, 15) is 9.90 Å². The second-order valence-electron chi connectivity index (χ2n) is 9.08. The standard InChI is InChI=1S/C27H33Cl2NO2/c1-5-15-27(4)17-22(19-9-8-10-21(29)16-19)25(18-11-13-20(28)14-12-18)30(26(27)32)23(6-2)24(31)7-3/h5,8-14,16,22-25,31H,1,6-7,15,17H2,2-4H3/t22-,23+,24?,25-,27+/m1/s1. The van der Waals surface area contributed by atoms with Gasteiger partial charge in [-0.05, 0) is 61.1 Å². The molecule has 0 saturated carbocycles. The Morgan fingerprint density at radius 3 is 2.38 bits per heavy atom. The van der Waals surface area contributed by atoms with E-state index in [4.69, 9.17) is 23.2 Å². The van der Waals surface area contributed by atoms with Gasteiger partial charge < -0.3 is 10.0 Å². The van der Waals surface area contributed by atoms with Gasteiger partial charge in [-0.2, -0.15) is 0 Å². The van der Waals surface area contributed by atoms with Crippen molar-refractivity contribution >= 4 is 29.1 Å². The van der Waals surface area contributed by atoms with E-state index in [2.05, 4.69) is 12.6 Å². The number of carbonyl (C=O) groups excluding carboxylic acids is 1. The third-order valence-electron chi connectivity index (χ3n) is 6.82. The van der Waals surface area contributed by atoms with Crippen LogP contribution in [-0.2, 0) is 4.79 Å². The summed E-state index contributed by atoms with van der Waals surface area (Å²) in [4.78, 5) is 16.0. The first-order valence-electron chi connectivity index (χ1n) is 11.4. The molecular weight excluding hydrogens is 441 g/mol. The number of carbonyl (C=O) groups is 1. The Morgan fingerprint density at radius 1 is 1.12 bits per heavy atom. The Balaban J connectivity index is 2.25. The number of amides is 1. The molecule has 32 heavy (non-hydrogen) atoms. The number of benzene rings is 2. The lowest BCUT2D eigenvalue weighted by Crippen LogP contribution is -2.58. The highest BCUT2D eigenvalue weighted by molar-refractivity contribution is 6.30. The summed E-state index contributed by atoms with van der Waals surface area (Å²) in [5, 5.41) is 12.3. The molecule has 1 unspecified atom stereocenters. The number of nitrogens with zero attached hydrogens (tertiary/aromatic N) is 1. The lowest BCUT2D eigenvalue weighted by molar-refractivity contribution is -0.158. The molecular formula is C27H33Cl2NO2. The molecule has 0 aromatic heterocycles. The molecule has 3 rings (SSSR count). The SMILES string of the molecule is C=CC[C@@]1(C)C[C@H](c2cccc(Cl)c2)[C@@H](c2ccc(Cl)cc2)N([C@@H](CC)C(O)CC)C1=O. The van der Waals surface area contributed by atoms with Crippen LogP contribution >= 0.6 is 23.2 Å². The molecule has 0 spiro atoms. The molecule has 0 bridgehead atoms. The third-order valence-corrected chi connectivity index (χ3v) is 7.31. The van der Waals surface area contributed by atoms with Gasteiger partial charge in [0.2, 0.25) is 5.91 Å². The van der Waals surface area contributed by atoms with E-state index >= 15 is 0 Å². The predicted molar refractivity (Wildman–Crippen MR) is 133 cm³/mol. The molecule has 1 fully saturated rings. The zero-order valence-corrected chi connectivity index (χ0v) is 20.6. The molecule has 3 nitrogen and oxygen atoms in total. The van der Waals surface area contributed by atoms with Crippen LogP contribution in [0.2, 0.25) is 10.0 Å². The minimum atomic E-state index is -0.613. The summed E-state index contributed by atoms with van der Waals surface area (Å²) >= 11 is 12.6. The molecule has 0 aliphatic carbocycles. The monoisotopic (exact) mass is 473 g/mol. The van der Waals surface area contributed by atoms with E-state index < -0.39 is 11.5 Å².